The number of rotatable bonds is 7. The highest BCUT2D eigenvalue weighted by Crippen LogP contribution is 2.26. The fourth-order valence-corrected chi connectivity index (χ4v) is 3.02. The molecule has 0 unspecified atom stereocenters. The van der Waals surface area contributed by atoms with Gasteiger partial charge in [0.2, 0.25) is 0 Å². The molecule has 0 N–H and O–H groups in total. The first-order chi connectivity index (χ1) is 13.2. The number of oxime groups is 1. The summed E-state index contributed by atoms with van der Waals surface area (Å²) in [6.45, 7) is 2.79. The van der Waals surface area contributed by atoms with Gasteiger partial charge in [0.15, 0.2) is 0 Å². The number of ether oxygens (including phenoxy) is 2. The Morgan fingerprint density at radius 3 is 2.59 bits per heavy atom. The van der Waals surface area contributed by atoms with Gasteiger partial charge in [0, 0.05) is 5.56 Å². The fourth-order valence-electron chi connectivity index (χ4n) is 3.02. The molecule has 2 aromatic rings. The van der Waals surface area contributed by atoms with E-state index >= 15 is 0 Å². The number of hydrogen-bond acceptors (Lipinski definition) is 5. The quantitative estimate of drug-likeness (QED) is 0.402. The lowest BCUT2D eigenvalue weighted by Gasteiger charge is -2.18. The molecule has 0 aliphatic heterocycles. The van der Waals surface area contributed by atoms with Crippen molar-refractivity contribution in [1.82, 2.24) is 0 Å². The van der Waals surface area contributed by atoms with E-state index in [-0.39, 0.29) is 0 Å². The number of benzene rings is 2. The van der Waals surface area contributed by atoms with Crippen LogP contribution in [0, 0.1) is 0 Å². The zero-order valence-electron chi connectivity index (χ0n) is 15.9. The molecule has 142 valence electrons. The van der Waals surface area contributed by atoms with Crippen molar-refractivity contribution in [2.24, 2.45) is 5.16 Å². The Morgan fingerprint density at radius 2 is 1.85 bits per heavy atom. The summed E-state index contributed by atoms with van der Waals surface area (Å²) in [5, 5.41) is 4.14. The second kappa shape index (κ2) is 9.21. The van der Waals surface area contributed by atoms with Crippen LogP contribution in [0.2, 0.25) is 0 Å². The number of unbranched alkanes of at least 4 members (excludes halogenated alkanes) is 1. The number of methoxy groups -OCH3 is 1. The molecule has 5 heteroatoms. The van der Waals surface area contributed by atoms with Gasteiger partial charge in [0.05, 0.1) is 25.0 Å². The monoisotopic (exact) mass is 367 g/mol. The minimum Gasteiger partial charge on any atom is -0.497 e. The van der Waals surface area contributed by atoms with E-state index in [0.717, 1.165) is 54.9 Å². The Bertz CT molecular complexity index is 812. The maximum atomic E-state index is 12.3. The molecule has 1 aliphatic rings. The van der Waals surface area contributed by atoms with E-state index in [2.05, 4.69) is 12.1 Å². The third-order valence-corrected chi connectivity index (χ3v) is 4.58. The molecule has 27 heavy (non-hydrogen) atoms. The molecule has 0 bridgehead atoms. The SMILES string of the molecule is CCCCOc1ccc(C(=O)O/N=C2\CCCc3ccc(OC)cc32)cc1. The first-order valence-electron chi connectivity index (χ1n) is 9.39. The van der Waals surface area contributed by atoms with Crippen molar-refractivity contribution in [3.8, 4) is 11.5 Å². The van der Waals surface area contributed by atoms with Gasteiger partial charge in [0.1, 0.15) is 11.5 Å². The van der Waals surface area contributed by atoms with Crippen molar-refractivity contribution in [3.05, 3.63) is 59.2 Å². The predicted molar refractivity (Wildman–Crippen MR) is 105 cm³/mol. The van der Waals surface area contributed by atoms with Crippen molar-refractivity contribution in [1.29, 1.82) is 0 Å². The van der Waals surface area contributed by atoms with Gasteiger partial charge < -0.3 is 14.3 Å². The average Bonchev–Trinajstić information content (AvgIpc) is 2.72. The zero-order valence-corrected chi connectivity index (χ0v) is 15.9. The molecule has 0 radical (unpaired) electrons. The fraction of sp³-hybridized carbons (Fsp3) is 0.364. The van der Waals surface area contributed by atoms with E-state index in [1.165, 1.54) is 5.56 Å². The van der Waals surface area contributed by atoms with Crippen molar-refractivity contribution in [2.45, 2.75) is 39.0 Å². The molecular formula is C22H25NO4. The van der Waals surface area contributed by atoms with Crippen LogP contribution in [0.1, 0.15) is 54.1 Å². The molecular weight excluding hydrogens is 342 g/mol. The standard InChI is InChI=1S/C22H25NO4/c1-3-4-14-26-18-11-9-17(10-12-18)22(24)27-23-21-7-5-6-16-8-13-19(25-2)15-20(16)21/h8-13,15H,3-7,14H2,1-2H3/b23-21+. The Kier molecular flexibility index (Phi) is 6.47. The molecule has 0 spiro atoms. The van der Waals surface area contributed by atoms with Gasteiger partial charge in [-0.05, 0) is 67.6 Å². The van der Waals surface area contributed by atoms with Crippen LogP contribution in [0.5, 0.6) is 11.5 Å². The van der Waals surface area contributed by atoms with Gasteiger partial charge in [-0.15, -0.1) is 0 Å². The third kappa shape index (κ3) is 4.88. The molecule has 0 atom stereocenters. The topological polar surface area (TPSA) is 57.1 Å². The van der Waals surface area contributed by atoms with Gasteiger partial charge in [-0.25, -0.2) is 4.79 Å². The zero-order chi connectivity index (χ0) is 19.1. The summed E-state index contributed by atoms with van der Waals surface area (Å²) in [4.78, 5) is 17.5. The first-order valence-corrected chi connectivity index (χ1v) is 9.39. The molecule has 2 aromatic carbocycles. The summed E-state index contributed by atoms with van der Waals surface area (Å²) in [6.07, 6.45) is 4.84. The molecule has 5 nitrogen and oxygen atoms in total. The lowest BCUT2D eigenvalue weighted by Crippen LogP contribution is -2.13. The highest BCUT2D eigenvalue weighted by molar-refractivity contribution is 6.03. The summed E-state index contributed by atoms with van der Waals surface area (Å²) < 4.78 is 10.9. The van der Waals surface area contributed by atoms with Crippen molar-refractivity contribution >= 4 is 11.7 Å². The number of hydrogen-bond donors (Lipinski definition) is 0. The van der Waals surface area contributed by atoms with Gasteiger partial charge in [-0.1, -0.05) is 24.6 Å². The van der Waals surface area contributed by atoms with E-state index < -0.39 is 5.97 Å². The van der Waals surface area contributed by atoms with E-state index in [1.807, 2.05) is 18.2 Å². The smallest absolute Gasteiger partial charge is 0.365 e. The molecule has 1 aliphatic carbocycles. The normalized spacial score (nSPS) is 14.5. The molecule has 3 rings (SSSR count). The lowest BCUT2D eigenvalue weighted by atomic mass is 9.90. The Hall–Kier alpha value is -2.82. The summed E-state index contributed by atoms with van der Waals surface area (Å²) >= 11 is 0. The first kappa shape index (κ1) is 19.0. The van der Waals surface area contributed by atoms with Crippen molar-refractivity contribution in [2.75, 3.05) is 13.7 Å². The minimum atomic E-state index is -0.474. The third-order valence-electron chi connectivity index (χ3n) is 4.58. The van der Waals surface area contributed by atoms with Crippen LogP contribution >= 0.6 is 0 Å². The summed E-state index contributed by atoms with van der Waals surface area (Å²) in [7, 11) is 1.64. The Labute approximate surface area is 159 Å². The van der Waals surface area contributed by atoms with Gasteiger partial charge >= 0.3 is 5.97 Å². The van der Waals surface area contributed by atoms with E-state index in [9.17, 15) is 4.79 Å². The van der Waals surface area contributed by atoms with Gasteiger partial charge in [0.25, 0.3) is 0 Å². The summed E-state index contributed by atoms with van der Waals surface area (Å²) in [5.41, 5.74) is 3.42. The van der Waals surface area contributed by atoms with Crippen LogP contribution in [0.4, 0.5) is 0 Å². The molecule has 0 amide bonds. The highest BCUT2D eigenvalue weighted by atomic mass is 16.7. The number of carbonyl (C=O) groups excluding carboxylic acids is 1. The van der Waals surface area contributed by atoms with Gasteiger partial charge in [-0.2, -0.15) is 0 Å². The van der Waals surface area contributed by atoms with E-state index in [4.69, 9.17) is 14.3 Å². The Balaban J connectivity index is 1.67. The number of fused-ring (bicyclic) bond motifs is 1. The number of aryl methyl sites for hydroxylation is 1. The van der Waals surface area contributed by atoms with Crippen LogP contribution in [-0.2, 0) is 11.3 Å². The van der Waals surface area contributed by atoms with Crippen LogP contribution < -0.4 is 9.47 Å². The minimum absolute atomic E-state index is 0.448. The number of carbonyl (C=O) groups is 1. The van der Waals surface area contributed by atoms with Crippen LogP contribution in [0.15, 0.2) is 47.6 Å². The van der Waals surface area contributed by atoms with Crippen molar-refractivity contribution in [3.63, 3.8) is 0 Å². The summed E-state index contributed by atoms with van der Waals surface area (Å²) in [5.74, 6) is 1.05. The van der Waals surface area contributed by atoms with Crippen LogP contribution in [-0.4, -0.2) is 25.4 Å². The largest absolute Gasteiger partial charge is 0.497 e. The molecule has 0 aromatic heterocycles. The Morgan fingerprint density at radius 1 is 1.07 bits per heavy atom. The molecule has 0 saturated carbocycles. The number of nitrogens with zero attached hydrogens (tertiary/aromatic N) is 1. The average molecular weight is 367 g/mol. The second-order valence-corrected chi connectivity index (χ2v) is 6.52. The molecule has 0 heterocycles. The highest BCUT2D eigenvalue weighted by Gasteiger charge is 2.18. The second-order valence-electron chi connectivity index (χ2n) is 6.52. The van der Waals surface area contributed by atoms with E-state index in [0.29, 0.717) is 12.2 Å². The molecule has 0 saturated heterocycles. The van der Waals surface area contributed by atoms with E-state index in [1.54, 1.807) is 31.4 Å². The molecule has 0 fully saturated rings. The maximum absolute atomic E-state index is 12.3. The predicted octanol–water partition coefficient (Wildman–Crippen LogP) is 4.77. The van der Waals surface area contributed by atoms with Crippen LogP contribution in [0.3, 0.4) is 0 Å². The lowest BCUT2D eigenvalue weighted by molar-refractivity contribution is 0.0515. The summed E-state index contributed by atoms with van der Waals surface area (Å²) in [6, 6.07) is 12.9. The van der Waals surface area contributed by atoms with Crippen molar-refractivity contribution < 1.29 is 19.1 Å². The van der Waals surface area contributed by atoms with Crippen LogP contribution in [0.25, 0.3) is 0 Å². The van der Waals surface area contributed by atoms with Gasteiger partial charge in [-0.3, -0.25) is 0 Å². The maximum Gasteiger partial charge on any atom is 0.365 e.